The molecule has 2 rings (SSSR count). The lowest BCUT2D eigenvalue weighted by Crippen LogP contribution is -2.48. The number of anilines is 1. The molecule has 0 radical (unpaired) electrons. The standard InChI is InChI=1S/C13H19ClN4O/c1-8(2)13-16-10(14)7-11(17-13)18-6-4-3-5-9(18)12(15)19/h7-9H,3-6H2,1-2H3,(H2,15,19). The van der Waals surface area contributed by atoms with Gasteiger partial charge in [-0.15, -0.1) is 0 Å². The quantitative estimate of drug-likeness (QED) is 0.862. The molecular weight excluding hydrogens is 264 g/mol. The van der Waals surface area contributed by atoms with Gasteiger partial charge in [0.2, 0.25) is 5.91 Å². The van der Waals surface area contributed by atoms with Crippen molar-refractivity contribution in [2.45, 2.75) is 45.1 Å². The number of rotatable bonds is 3. The van der Waals surface area contributed by atoms with E-state index in [0.29, 0.717) is 16.8 Å². The Morgan fingerprint density at radius 1 is 1.47 bits per heavy atom. The molecule has 1 unspecified atom stereocenters. The third kappa shape index (κ3) is 3.15. The number of halogens is 1. The minimum absolute atomic E-state index is 0.189. The summed E-state index contributed by atoms with van der Waals surface area (Å²) in [5.41, 5.74) is 5.47. The van der Waals surface area contributed by atoms with Crippen LogP contribution in [0.3, 0.4) is 0 Å². The van der Waals surface area contributed by atoms with Crippen LogP contribution in [0.5, 0.6) is 0 Å². The second-order valence-electron chi connectivity index (χ2n) is 5.17. The van der Waals surface area contributed by atoms with Gasteiger partial charge in [-0.2, -0.15) is 0 Å². The van der Waals surface area contributed by atoms with Gasteiger partial charge in [-0.1, -0.05) is 25.4 Å². The number of primary amides is 1. The zero-order valence-corrected chi connectivity index (χ0v) is 12.0. The van der Waals surface area contributed by atoms with Gasteiger partial charge in [0, 0.05) is 18.5 Å². The summed E-state index contributed by atoms with van der Waals surface area (Å²) in [6, 6.07) is 1.41. The molecule has 5 nitrogen and oxygen atoms in total. The van der Waals surface area contributed by atoms with Crippen molar-refractivity contribution in [3.8, 4) is 0 Å². The molecule has 0 saturated carbocycles. The molecule has 1 aromatic rings. The van der Waals surface area contributed by atoms with E-state index in [-0.39, 0.29) is 17.9 Å². The molecular formula is C13H19ClN4O. The number of nitrogens with zero attached hydrogens (tertiary/aromatic N) is 3. The van der Waals surface area contributed by atoms with Crippen molar-refractivity contribution in [1.82, 2.24) is 9.97 Å². The molecule has 0 aromatic carbocycles. The summed E-state index contributed by atoms with van der Waals surface area (Å²) in [7, 11) is 0. The van der Waals surface area contributed by atoms with E-state index in [2.05, 4.69) is 9.97 Å². The summed E-state index contributed by atoms with van der Waals surface area (Å²) in [5, 5.41) is 0.405. The minimum atomic E-state index is -0.305. The second-order valence-corrected chi connectivity index (χ2v) is 5.56. The van der Waals surface area contributed by atoms with E-state index in [1.54, 1.807) is 6.07 Å². The molecule has 1 saturated heterocycles. The lowest BCUT2D eigenvalue weighted by molar-refractivity contribution is -0.119. The number of hydrogen-bond acceptors (Lipinski definition) is 4. The molecule has 0 aliphatic carbocycles. The lowest BCUT2D eigenvalue weighted by Gasteiger charge is -2.34. The van der Waals surface area contributed by atoms with Crippen molar-refractivity contribution in [1.29, 1.82) is 0 Å². The number of nitrogens with two attached hydrogens (primary N) is 1. The first kappa shape index (κ1) is 14.1. The predicted molar refractivity (Wildman–Crippen MR) is 75.3 cm³/mol. The SMILES string of the molecule is CC(C)c1nc(Cl)cc(N2CCCCC2C(N)=O)n1. The Balaban J connectivity index is 2.35. The number of aromatic nitrogens is 2. The first-order valence-corrected chi connectivity index (χ1v) is 6.97. The summed E-state index contributed by atoms with van der Waals surface area (Å²) in [5.74, 6) is 1.28. The van der Waals surface area contributed by atoms with Crippen molar-refractivity contribution in [2.24, 2.45) is 5.73 Å². The predicted octanol–water partition coefficient (Wildman–Crippen LogP) is 2.10. The minimum Gasteiger partial charge on any atom is -0.368 e. The van der Waals surface area contributed by atoms with E-state index >= 15 is 0 Å². The molecule has 1 aliphatic heterocycles. The lowest BCUT2D eigenvalue weighted by atomic mass is 10.0. The highest BCUT2D eigenvalue weighted by Gasteiger charge is 2.28. The molecule has 2 heterocycles. The largest absolute Gasteiger partial charge is 0.368 e. The van der Waals surface area contributed by atoms with Gasteiger partial charge in [0.1, 0.15) is 22.8 Å². The average molecular weight is 283 g/mol. The first-order chi connectivity index (χ1) is 8.99. The van der Waals surface area contributed by atoms with E-state index in [0.717, 1.165) is 25.8 Å². The molecule has 104 valence electrons. The highest BCUT2D eigenvalue weighted by molar-refractivity contribution is 6.29. The van der Waals surface area contributed by atoms with Crippen molar-refractivity contribution < 1.29 is 4.79 Å². The normalized spacial score (nSPS) is 19.8. The fourth-order valence-corrected chi connectivity index (χ4v) is 2.51. The maximum atomic E-state index is 11.5. The van der Waals surface area contributed by atoms with Crippen LogP contribution in [-0.2, 0) is 4.79 Å². The van der Waals surface area contributed by atoms with E-state index in [1.807, 2.05) is 18.7 Å². The van der Waals surface area contributed by atoms with Gasteiger partial charge in [-0.05, 0) is 19.3 Å². The number of amides is 1. The highest BCUT2D eigenvalue weighted by atomic mass is 35.5. The molecule has 1 atom stereocenters. The van der Waals surface area contributed by atoms with E-state index in [1.165, 1.54) is 0 Å². The molecule has 1 aromatic heterocycles. The average Bonchev–Trinajstić information content (AvgIpc) is 2.37. The van der Waals surface area contributed by atoms with Gasteiger partial charge >= 0.3 is 0 Å². The van der Waals surface area contributed by atoms with E-state index < -0.39 is 0 Å². The Kier molecular flexibility index (Phi) is 4.24. The molecule has 1 fully saturated rings. The zero-order chi connectivity index (χ0) is 14.0. The van der Waals surface area contributed by atoms with Crippen LogP contribution in [0.2, 0.25) is 5.15 Å². The van der Waals surface area contributed by atoms with Crippen LogP contribution in [0.25, 0.3) is 0 Å². The third-order valence-corrected chi connectivity index (χ3v) is 3.53. The zero-order valence-electron chi connectivity index (χ0n) is 11.3. The maximum Gasteiger partial charge on any atom is 0.240 e. The summed E-state index contributed by atoms with van der Waals surface area (Å²) < 4.78 is 0. The van der Waals surface area contributed by atoms with Crippen LogP contribution in [0.1, 0.15) is 44.9 Å². The summed E-state index contributed by atoms with van der Waals surface area (Å²) >= 11 is 6.05. The van der Waals surface area contributed by atoms with E-state index in [4.69, 9.17) is 17.3 Å². The summed E-state index contributed by atoms with van der Waals surface area (Å²) in [4.78, 5) is 22.2. The van der Waals surface area contributed by atoms with Crippen LogP contribution >= 0.6 is 11.6 Å². The van der Waals surface area contributed by atoms with Gasteiger partial charge in [-0.25, -0.2) is 9.97 Å². The summed E-state index contributed by atoms with van der Waals surface area (Å²) in [6.45, 7) is 4.80. The Labute approximate surface area is 118 Å². The number of piperidine rings is 1. The number of carbonyl (C=O) groups is 1. The summed E-state index contributed by atoms with van der Waals surface area (Å²) in [6.07, 6.45) is 2.82. The van der Waals surface area contributed by atoms with Gasteiger partial charge in [-0.3, -0.25) is 4.79 Å². The van der Waals surface area contributed by atoms with Crippen LogP contribution in [-0.4, -0.2) is 28.5 Å². The monoisotopic (exact) mass is 282 g/mol. The molecule has 2 N–H and O–H groups in total. The van der Waals surface area contributed by atoms with Crippen molar-refractivity contribution in [3.05, 3.63) is 17.0 Å². The highest BCUT2D eigenvalue weighted by Crippen LogP contribution is 2.26. The van der Waals surface area contributed by atoms with Gasteiger partial charge in [0.05, 0.1) is 0 Å². The Bertz CT molecular complexity index is 478. The topological polar surface area (TPSA) is 72.1 Å². The van der Waals surface area contributed by atoms with Gasteiger partial charge in [0.15, 0.2) is 0 Å². The molecule has 0 spiro atoms. The van der Waals surface area contributed by atoms with Crippen molar-refractivity contribution >= 4 is 23.3 Å². The smallest absolute Gasteiger partial charge is 0.240 e. The first-order valence-electron chi connectivity index (χ1n) is 6.59. The molecule has 0 bridgehead atoms. The van der Waals surface area contributed by atoms with Crippen molar-refractivity contribution in [2.75, 3.05) is 11.4 Å². The van der Waals surface area contributed by atoms with Crippen LogP contribution in [0.4, 0.5) is 5.82 Å². The van der Waals surface area contributed by atoms with Gasteiger partial charge in [0.25, 0.3) is 0 Å². The number of carbonyl (C=O) groups excluding carboxylic acids is 1. The molecule has 1 amide bonds. The van der Waals surface area contributed by atoms with Crippen molar-refractivity contribution in [3.63, 3.8) is 0 Å². The Hall–Kier alpha value is -1.36. The molecule has 1 aliphatic rings. The third-order valence-electron chi connectivity index (χ3n) is 3.34. The van der Waals surface area contributed by atoms with Gasteiger partial charge < -0.3 is 10.6 Å². The van der Waals surface area contributed by atoms with Crippen LogP contribution in [0, 0.1) is 0 Å². The molecule has 19 heavy (non-hydrogen) atoms. The Morgan fingerprint density at radius 3 is 2.84 bits per heavy atom. The van der Waals surface area contributed by atoms with Crippen LogP contribution < -0.4 is 10.6 Å². The second kappa shape index (κ2) is 5.74. The maximum absolute atomic E-state index is 11.5. The van der Waals surface area contributed by atoms with E-state index in [9.17, 15) is 4.79 Å². The fraction of sp³-hybridized carbons (Fsp3) is 0.615. The fourth-order valence-electron chi connectivity index (χ4n) is 2.33. The Morgan fingerprint density at radius 2 is 2.21 bits per heavy atom. The number of hydrogen-bond donors (Lipinski definition) is 1. The molecule has 6 heteroatoms. The van der Waals surface area contributed by atoms with Crippen LogP contribution in [0.15, 0.2) is 6.07 Å².